The Hall–Kier alpha value is -3.35. The minimum Gasteiger partial charge on any atom is -0.421 e. The molecule has 2 aliphatic rings. The first kappa shape index (κ1) is 25.3. The number of para-hydroxylation sites is 1. The Labute approximate surface area is 220 Å². The molecule has 2 aromatic heterocycles. The summed E-state index contributed by atoms with van der Waals surface area (Å²) >= 11 is 2.97. The lowest BCUT2D eigenvalue weighted by Gasteiger charge is -2.46. The fourth-order valence-corrected chi connectivity index (χ4v) is 6.82. The van der Waals surface area contributed by atoms with Crippen LogP contribution in [-0.2, 0) is 19.1 Å². The number of hydrogen-bond donors (Lipinski definition) is 1. The highest BCUT2D eigenvalue weighted by Gasteiger charge is 2.60. The molecule has 0 bridgehead atoms. The molecule has 0 spiro atoms. The van der Waals surface area contributed by atoms with Crippen LogP contribution in [0.2, 0.25) is 0 Å². The van der Waals surface area contributed by atoms with Gasteiger partial charge in [-0.3, -0.25) is 9.20 Å². The number of nitrogens with zero attached hydrogens (tertiary/aromatic N) is 3. The molecule has 4 heterocycles. The standard InChI is InChI=1S/C25H25N3O7S2/c1-12-17(16-10-27-11-26-21(36-4)23(27)37-16)20(28-19(12)18(13(2)29)22(28)30)24(31)33-14(3)34-25(32)35-15-8-6-5-7-9-15/h5-14,18-19,29H,1-4H3/t12-,13+,14?,18+,19+/m0/s1. The average molecular weight is 544 g/mol. The number of fused-ring (bicyclic) bond motifs is 2. The maximum atomic E-state index is 13.4. The molecule has 10 nitrogen and oxygen atoms in total. The zero-order valence-corrected chi connectivity index (χ0v) is 22.1. The summed E-state index contributed by atoms with van der Waals surface area (Å²) < 4.78 is 17.5. The second-order valence-electron chi connectivity index (χ2n) is 8.83. The summed E-state index contributed by atoms with van der Waals surface area (Å²) in [5, 5.41) is 11.1. The van der Waals surface area contributed by atoms with Crippen LogP contribution in [0.3, 0.4) is 0 Å². The maximum Gasteiger partial charge on any atom is 0.516 e. The number of ether oxygens (including phenoxy) is 3. The third-order valence-electron chi connectivity index (χ3n) is 6.48. The van der Waals surface area contributed by atoms with Crippen molar-refractivity contribution in [2.45, 2.75) is 44.2 Å². The monoisotopic (exact) mass is 543 g/mol. The number of benzene rings is 1. The zero-order chi connectivity index (χ0) is 26.4. The zero-order valence-electron chi connectivity index (χ0n) is 20.5. The molecule has 1 unspecified atom stereocenters. The van der Waals surface area contributed by atoms with Gasteiger partial charge in [0.05, 0.1) is 22.9 Å². The molecule has 0 aliphatic carbocycles. The Morgan fingerprint density at radius 1 is 1.19 bits per heavy atom. The summed E-state index contributed by atoms with van der Waals surface area (Å²) in [5.74, 6) is -1.73. The van der Waals surface area contributed by atoms with Gasteiger partial charge in [0, 0.05) is 24.6 Å². The van der Waals surface area contributed by atoms with Crippen molar-refractivity contribution in [3.63, 3.8) is 0 Å². The van der Waals surface area contributed by atoms with E-state index in [1.54, 1.807) is 43.6 Å². The topological polar surface area (TPSA) is 120 Å². The van der Waals surface area contributed by atoms with Crippen molar-refractivity contribution >= 4 is 51.5 Å². The highest BCUT2D eigenvalue weighted by molar-refractivity contribution is 7.98. The number of rotatable bonds is 7. The van der Waals surface area contributed by atoms with Crippen LogP contribution in [0, 0.1) is 11.8 Å². The Balaban J connectivity index is 1.42. The van der Waals surface area contributed by atoms with Crippen LogP contribution in [0.15, 0.2) is 53.6 Å². The van der Waals surface area contributed by atoms with Gasteiger partial charge in [-0.05, 0) is 25.3 Å². The van der Waals surface area contributed by atoms with Gasteiger partial charge in [-0.2, -0.15) is 0 Å². The lowest BCUT2D eigenvalue weighted by molar-refractivity contribution is -0.172. The number of thioether (sulfide) groups is 1. The Morgan fingerprint density at radius 2 is 1.92 bits per heavy atom. The van der Waals surface area contributed by atoms with Gasteiger partial charge in [-0.1, -0.05) is 25.1 Å². The van der Waals surface area contributed by atoms with Crippen LogP contribution < -0.4 is 4.74 Å². The SMILES string of the molecule is CSc1ncn2cc(C3=C(C(=O)OC(C)OC(=O)Oc4ccccc4)N4C(=O)[C@H]([C@@H](C)O)[C@H]4[C@H]3C)sc12. The second-order valence-corrected chi connectivity index (χ2v) is 10.7. The molecular formula is C25H25N3O7S2. The van der Waals surface area contributed by atoms with Gasteiger partial charge in [0.2, 0.25) is 12.2 Å². The van der Waals surface area contributed by atoms with Crippen molar-refractivity contribution in [3.05, 3.63) is 53.4 Å². The molecule has 0 saturated carbocycles. The molecule has 1 N–H and O–H groups in total. The van der Waals surface area contributed by atoms with E-state index in [4.69, 9.17) is 14.2 Å². The van der Waals surface area contributed by atoms with Crippen molar-refractivity contribution in [3.8, 4) is 5.75 Å². The highest BCUT2D eigenvalue weighted by atomic mass is 32.2. The van der Waals surface area contributed by atoms with Gasteiger partial charge >= 0.3 is 12.1 Å². The number of aliphatic hydroxyl groups excluding tert-OH is 1. The number of aromatic nitrogens is 2. The lowest BCUT2D eigenvalue weighted by Crippen LogP contribution is -2.63. The number of amides is 1. The molecule has 5 atom stereocenters. The van der Waals surface area contributed by atoms with Crippen LogP contribution in [0.1, 0.15) is 25.6 Å². The number of carbonyl (C=O) groups excluding carboxylic acids is 3. The van der Waals surface area contributed by atoms with E-state index < -0.39 is 30.4 Å². The van der Waals surface area contributed by atoms with Crippen LogP contribution in [0.4, 0.5) is 4.79 Å². The van der Waals surface area contributed by atoms with Gasteiger partial charge in [0.15, 0.2) is 0 Å². The van der Waals surface area contributed by atoms with Crippen molar-refractivity contribution < 1.29 is 33.7 Å². The summed E-state index contributed by atoms with van der Waals surface area (Å²) in [6, 6.07) is 7.97. The molecule has 1 fully saturated rings. The van der Waals surface area contributed by atoms with Crippen molar-refractivity contribution in [1.82, 2.24) is 14.3 Å². The first-order valence-corrected chi connectivity index (χ1v) is 13.7. The average Bonchev–Trinajstić information content (AvgIpc) is 3.48. The van der Waals surface area contributed by atoms with E-state index in [1.165, 1.54) is 34.9 Å². The predicted octanol–water partition coefficient (Wildman–Crippen LogP) is 3.79. The highest BCUT2D eigenvalue weighted by Crippen LogP contribution is 2.52. The number of esters is 1. The third-order valence-corrected chi connectivity index (χ3v) is 8.44. The van der Waals surface area contributed by atoms with Crippen molar-refractivity contribution in [2.24, 2.45) is 11.8 Å². The summed E-state index contributed by atoms with van der Waals surface area (Å²) in [4.78, 5) is 46.1. The van der Waals surface area contributed by atoms with Gasteiger partial charge < -0.3 is 24.2 Å². The van der Waals surface area contributed by atoms with E-state index in [9.17, 15) is 19.5 Å². The second kappa shape index (κ2) is 9.84. The number of β-lactam (4-membered cyclic amide) rings is 1. The molecule has 5 rings (SSSR count). The molecule has 0 radical (unpaired) electrons. The quantitative estimate of drug-likeness (QED) is 0.156. The molecule has 194 valence electrons. The fraction of sp³-hybridized carbons (Fsp3) is 0.360. The van der Waals surface area contributed by atoms with E-state index in [-0.39, 0.29) is 29.3 Å². The minimum atomic E-state index is -1.28. The molecule has 1 amide bonds. The van der Waals surface area contributed by atoms with Crippen molar-refractivity contribution in [1.29, 1.82) is 0 Å². The summed E-state index contributed by atoms with van der Waals surface area (Å²) in [7, 11) is 0. The molecular weight excluding hydrogens is 518 g/mol. The van der Waals surface area contributed by atoms with E-state index in [1.807, 2.05) is 23.8 Å². The predicted molar refractivity (Wildman–Crippen MR) is 136 cm³/mol. The first-order valence-electron chi connectivity index (χ1n) is 11.6. The molecule has 1 saturated heterocycles. The van der Waals surface area contributed by atoms with Gasteiger partial charge in [-0.25, -0.2) is 14.6 Å². The Bertz CT molecular complexity index is 1400. The lowest BCUT2D eigenvalue weighted by atomic mass is 9.77. The summed E-state index contributed by atoms with van der Waals surface area (Å²) in [6.45, 7) is 4.89. The van der Waals surface area contributed by atoms with E-state index in [0.717, 1.165) is 14.7 Å². The number of hydrogen-bond acceptors (Lipinski definition) is 10. The molecule has 12 heteroatoms. The van der Waals surface area contributed by atoms with Crippen LogP contribution >= 0.6 is 23.1 Å². The van der Waals surface area contributed by atoms with Crippen molar-refractivity contribution in [2.75, 3.05) is 6.26 Å². The minimum absolute atomic E-state index is 0.0921. The van der Waals surface area contributed by atoms with Crippen LogP contribution in [-0.4, -0.2) is 62.1 Å². The van der Waals surface area contributed by atoms with Crippen LogP contribution in [0.5, 0.6) is 5.75 Å². The summed E-state index contributed by atoms with van der Waals surface area (Å²) in [5.41, 5.74) is 0.737. The van der Waals surface area contributed by atoms with Crippen LogP contribution in [0.25, 0.3) is 10.4 Å². The number of aliphatic hydroxyl groups is 1. The smallest absolute Gasteiger partial charge is 0.421 e. The maximum absolute atomic E-state index is 13.4. The number of imidazole rings is 1. The van der Waals surface area contributed by atoms with Gasteiger partial charge in [0.1, 0.15) is 27.6 Å². The largest absolute Gasteiger partial charge is 0.516 e. The number of thiazole rings is 1. The molecule has 1 aromatic carbocycles. The number of carbonyl (C=O) groups is 3. The normalized spacial score (nSPS) is 22.5. The fourth-order valence-electron chi connectivity index (χ4n) is 4.90. The van der Waals surface area contributed by atoms with E-state index >= 15 is 0 Å². The molecule has 3 aromatic rings. The van der Waals surface area contributed by atoms with Gasteiger partial charge in [0.25, 0.3) is 0 Å². The van der Waals surface area contributed by atoms with E-state index in [2.05, 4.69) is 4.98 Å². The molecule has 37 heavy (non-hydrogen) atoms. The van der Waals surface area contributed by atoms with Gasteiger partial charge in [-0.15, -0.1) is 23.1 Å². The first-order chi connectivity index (χ1) is 17.7. The molecule has 2 aliphatic heterocycles. The third kappa shape index (κ3) is 4.38. The van der Waals surface area contributed by atoms with E-state index in [0.29, 0.717) is 5.57 Å². The summed E-state index contributed by atoms with van der Waals surface area (Å²) in [6.07, 6.45) is 2.33. The Morgan fingerprint density at radius 3 is 2.59 bits per heavy atom. The Kier molecular flexibility index (Phi) is 6.73.